The predicted molar refractivity (Wildman–Crippen MR) is 51.8 cm³/mol. The zero-order valence-corrected chi connectivity index (χ0v) is 8.25. The highest BCUT2D eigenvalue weighted by atomic mass is 35.5. The van der Waals surface area contributed by atoms with E-state index in [2.05, 4.69) is 4.98 Å². The fraction of sp³-hybridized carbons (Fsp3) is 0.167. The van der Waals surface area contributed by atoms with Gasteiger partial charge in [0.25, 0.3) is 0 Å². The first-order valence-electron chi connectivity index (χ1n) is 2.86. The van der Waals surface area contributed by atoms with Crippen molar-refractivity contribution >= 4 is 41.4 Å². The van der Waals surface area contributed by atoms with Gasteiger partial charge < -0.3 is 10.8 Å². The van der Waals surface area contributed by atoms with Crippen LogP contribution in [0.15, 0.2) is 6.20 Å². The molecule has 0 aliphatic carbocycles. The van der Waals surface area contributed by atoms with E-state index in [0.717, 1.165) is 0 Å². The number of halogens is 3. The van der Waals surface area contributed by atoms with Crippen LogP contribution in [0, 0.1) is 0 Å². The van der Waals surface area contributed by atoms with Crippen LogP contribution in [0.25, 0.3) is 0 Å². The van der Waals surface area contributed by atoms with Gasteiger partial charge in [-0.3, -0.25) is 0 Å². The molecule has 0 aromatic carbocycles. The first kappa shape index (κ1) is 11.8. The summed E-state index contributed by atoms with van der Waals surface area (Å²) in [5.41, 5.74) is 5.77. The van der Waals surface area contributed by atoms with Gasteiger partial charge in [-0.25, -0.2) is 4.98 Å². The topological polar surface area (TPSA) is 59.1 Å². The summed E-state index contributed by atoms with van der Waals surface area (Å²) in [6.07, 6.45) is 1.36. The van der Waals surface area contributed by atoms with Gasteiger partial charge in [0.15, 0.2) is 0 Å². The van der Waals surface area contributed by atoms with E-state index in [9.17, 15) is 0 Å². The summed E-state index contributed by atoms with van der Waals surface area (Å²) in [4.78, 5) is 3.69. The number of hydrogen-bond acceptors (Lipinski definition) is 3. The van der Waals surface area contributed by atoms with Crippen molar-refractivity contribution in [3.05, 3.63) is 21.8 Å². The second-order valence-electron chi connectivity index (χ2n) is 1.94. The van der Waals surface area contributed by atoms with E-state index < -0.39 is 0 Å². The SMILES string of the molecule is Cl.Nc1ncc(Cl)c(CO)c1Cl. The molecule has 0 atom stereocenters. The van der Waals surface area contributed by atoms with E-state index in [0.29, 0.717) is 10.6 Å². The van der Waals surface area contributed by atoms with Crippen LogP contribution in [0.2, 0.25) is 10.0 Å². The molecule has 0 saturated carbocycles. The molecule has 1 heterocycles. The summed E-state index contributed by atoms with van der Waals surface area (Å²) in [6.45, 7) is -0.232. The summed E-state index contributed by atoms with van der Waals surface area (Å²) < 4.78 is 0. The molecular weight excluding hydrogens is 222 g/mol. The van der Waals surface area contributed by atoms with Crippen molar-refractivity contribution in [2.75, 3.05) is 5.73 Å². The molecule has 0 aliphatic heterocycles. The second-order valence-corrected chi connectivity index (χ2v) is 2.73. The maximum Gasteiger partial charge on any atom is 0.142 e. The first-order valence-corrected chi connectivity index (χ1v) is 3.61. The summed E-state index contributed by atoms with van der Waals surface area (Å²) in [6, 6.07) is 0. The molecule has 0 spiro atoms. The Labute approximate surface area is 85.9 Å². The number of hydrogen-bond donors (Lipinski definition) is 2. The van der Waals surface area contributed by atoms with Crippen LogP contribution in [0.3, 0.4) is 0 Å². The molecule has 3 nitrogen and oxygen atoms in total. The molecule has 0 radical (unpaired) electrons. The zero-order chi connectivity index (χ0) is 8.43. The standard InChI is InChI=1S/C6H6Cl2N2O.ClH/c7-4-1-10-6(9)5(8)3(4)2-11;/h1,11H,2H2,(H2,9,10);1H. The van der Waals surface area contributed by atoms with Crippen LogP contribution in [0.5, 0.6) is 0 Å². The number of rotatable bonds is 1. The number of nitrogen functional groups attached to an aromatic ring is 1. The van der Waals surface area contributed by atoms with Gasteiger partial charge in [-0.1, -0.05) is 23.2 Å². The van der Waals surface area contributed by atoms with Gasteiger partial charge in [-0.05, 0) is 0 Å². The average molecular weight is 229 g/mol. The van der Waals surface area contributed by atoms with E-state index in [1.807, 2.05) is 0 Å². The number of nitrogens with zero attached hydrogens (tertiary/aromatic N) is 1. The number of pyridine rings is 1. The minimum absolute atomic E-state index is 0. The number of aliphatic hydroxyl groups excluding tert-OH is 1. The largest absolute Gasteiger partial charge is 0.392 e. The van der Waals surface area contributed by atoms with Gasteiger partial charge in [0.05, 0.1) is 16.7 Å². The second kappa shape index (κ2) is 4.72. The third kappa shape index (κ3) is 2.14. The normalized spacial score (nSPS) is 9.25. The molecule has 0 saturated heterocycles. The van der Waals surface area contributed by atoms with Crippen LogP contribution in [0.4, 0.5) is 5.82 Å². The molecule has 0 aliphatic rings. The van der Waals surface area contributed by atoms with Gasteiger partial charge in [0, 0.05) is 11.8 Å². The van der Waals surface area contributed by atoms with Crippen molar-refractivity contribution in [1.82, 2.24) is 4.98 Å². The zero-order valence-electron chi connectivity index (χ0n) is 5.92. The van der Waals surface area contributed by atoms with Crippen LogP contribution < -0.4 is 5.73 Å². The summed E-state index contributed by atoms with van der Waals surface area (Å²) in [7, 11) is 0. The van der Waals surface area contributed by atoms with Gasteiger partial charge in [0.2, 0.25) is 0 Å². The van der Waals surface area contributed by atoms with Crippen LogP contribution in [0.1, 0.15) is 5.56 Å². The molecule has 0 amide bonds. The molecule has 6 heteroatoms. The van der Waals surface area contributed by atoms with E-state index >= 15 is 0 Å². The number of aromatic nitrogens is 1. The monoisotopic (exact) mass is 228 g/mol. The van der Waals surface area contributed by atoms with Gasteiger partial charge in [0.1, 0.15) is 5.82 Å². The molecular formula is C6H7Cl3N2O. The molecule has 1 rings (SSSR count). The minimum Gasteiger partial charge on any atom is -0.392 e. The van der Waals surface area contributed by atoms with Crippen LogP contribution in [-0.4, -0.2) is 10.1 Å². The Morgan fingerprint density at radius 1 is 1.50 bits per heavy atom. The highest BCUT2D eigenvalue weighted by Gasteiger charge is 2.07. The van der Waals surface area contributed by atoms with E-state index in [4.69, 9.17) is 34.0 Å². The minimum atomic E-state index is -0.232. The molecule has 1 aromatic heterocycles. The fourth-order valence-electron chi connectivity index (χ4n) is 0.665. The van der Waals surface area contributed by atoms with E-state index in [1.165, 1.54) is 6.20 Å². The number of nitrogens with two attached hydrogens (primary N) is 1. The van der Waals surface area contributed by atoms with Crippen molar-refractivity contribution in [2.45, 2.75) is 6.61 Å². The van der Waals surface area contributed by atoms with Crippen molar-refractivity contribution in [2.24, 2.45) is 0 Å². The lowest BCUT2D eigenvalue weighted by atomic mass is 10.3. The molecule has 0 fully saturated rings. The lowest BCUT2D eigenvalue weighted by Gasteiger charge is -2.03. The quantitative estimate of drug-likeness (QED) is 0.773. The van der Waals surface area contributed by atoms with Gasteiger partial charge >= 0.3 is 0 Å². The smallest absolute Gasteiger partial charge is 0.142 e. The van der Waals surface area contributed by atoms with Crippen LogP contribution >= 0.6 is 35.6 Å². The van der Waals surface area contributed by atoms with Crippen molar-refractivity contribution in [3.63, 3.8) is 0 Å². The van der Waals surface area contributed by atoms with Crippen molar-refractivity contribution < 1.29 is 5.11 Å². The average Bonchev–Trinajstić information content (AvgIpc) is 1.99. The maximum atomic E-state index is 8.77. The molecule has 1 aromatic rings. The Bertz CT molecular complexity index is 280. The highest BCUT2D eigenvalue weighted by molar-refractivity contribution is 6.37. The Hall–Kier alpha value is -0.220. The Morgan fingerprint density at radius 2 is 2.08 bits per heavy atom. The van der Waals surface area contributed by atoms with Crippen molar-refractivity contribution in [1.29, 1.82) is 0 Å². The Balaban J connectivity index is 0.00000121. The fourth-order valence-corrected chi connectivity index (χ4v) is 1.13. The first-order chi connectivity index (χ1) is 5.16. The molecule has 12 heavy (non-hydrogen) atoms. The van der Waals surface area contributed by atoms with E-state index in [-0.39, 0.29) is 29.9 Å². The van der Waals surface area contributed by atoms with Crippen molar-refractivity contribution in [3.8, 4) is 0 Å². The lowest BCUT2D eigenvalue weighted by molar-refractivity contribution is 0.282. The third-order valence-corrected chi connectivity index (χ3v) is 2.00. The van der Waals surface area contributed by atoms with Gasteiger partial charge in [-0.15, -0.1) is 12.4 Å². The maximum absolute atomic E-state index is 8.77. The lowest BCUT2D eigenvalue weighted by Crippen LogP contribution is -1.96. The van der Waals surface area contributed by atoms with Gasteiger partial charge in [-0.2, -0.15) is 0 Å². The number of aliphatic hydroxyl groups is 1. The van der Waals surface area contributed by atoms with Crippen LogP contribution in [-0.2, 0) is 6.61 Å². The molecule has 0 unspecified atom stereocenters. The molecule has 3 N–H and O–H groups in total. The Morgan fingerprint density at radius 3 is 2.50 bits per heavy atom. The summed E-state index contributed by atoms with van der Waals surface area (Å²) >= 11 is 11.3. The summed E-state index contributed by atoms with van der Waals surface area (Å²) in [5.74, 6) is 0.181. The summed E-state index contributed by atoms with van der Waals surface area (Å²) in [5, 5.41) is 9.32. The number of anilines is 1. The molecule has 68 valence electrons. The molecule has 0 bridgehead atoms. The van der Waals surface area contributed by atoms with E-state index in [1.54, 1.807) is 0 Å². The predicted octanol–water partition coefficient (Wildman–Crippen LogP) is 1.88. The highest BCUT2D eigenvalue weighted by Crippen LogP contribution is 2.27. The Kier molecular flexibility index (Phi) is 4.63. The third-order valence-electron chi connectivity index (χ3n) is 1.25.